The average Bonchev–Trinajstić information content (AvgIpc) is 3.30. The Bertz CT molecular complexity index is 643. The number of hydrogen-bond acceptors (Lipinski definition) is 3. The third-order valence-electron chi connectivity index (χ3n) is 4.50. The van der Waals surface area contributed by atoms with Gasteiger partial charge < -0.3 is 10.2 Å². The van der Waals surface area contributed by atoms with Gasteiger partial charge >= 0.3 is 6.03 Å². The fraction of sp³-hybridized carbons (Fsp3) is 0.556. The maximum absolute atomic E-state index is 12.5. The zero-order chi connectivity index (χ0) is 17.3. The molecule has 1 aromatic carbocycles. The van der Waals surface area contributed by atoms with Gasteiger partial charge in [0.05, 0.1) is 6.67 Å². The van der Waals surface area contributed by atoms with Gasteiger partial charge in [-0.2, -0.15) is 11.8 Å². The Hall–Kier alpha value is -1.69. The van der Waals surface area contributed by atoms with E-state index in [2.05, 4.69) is 25.2 Å². The Morgan fingerprint density at radius 2 is 2.12 bits per heavy atom. The van der Waals surface area contributed by atoms with E-state index >= 15 is 0 Å². The number of carbonyl (C=O) groups is 2. The molecule has 0 unspecified atom stereocenters. The summed E-state index contributed by atoms with van der Waals surface area (Å²) in [7, 11) is 0. The van der Waals surface area contributed by atoms with Crippen LogP contribution in [0.4, 0.5) is 10.5 Å². The molecule has 1 aromatic rings. The van der Waals surface area contributed by atoms with Crippen molar-refractivity contribution >= 4 is 29.4 Å². The summed E-state index contributed by atoms with van der Waals surface area (Å²) < 4.78 is 0. The van der Waals surface area contributed by atoms with Gasteiger partial charge in [-0.3, -0.25) is 9.69 Å². The molecule has 1 aliphatic carbocycles. The van der Waals surface area contributed by atoms with Gasteiger partial charge in [0.25, 0.3) is 0 Å². The summed E-state index contributed by atoms with van der Waals surface area (Å²) in [5.74, 6) is 0.997. The number of nitrogens with zero attached hydrogens (tertiary/aromatic N) is 2. The first kappa shape index (κ1) is 17.1. The van der Waals surface area contributed by atoms with Crippen molar-refractivity contribution in [3.63, 3.8) is 0 Å². The van der Waals surface area contributed by atoms with Crippen LogP contribution in [0.5, 0.6) is 0 Å². The van der Waals surface area contributed by atoms with Gasteiger partial charge in [0.1, 0.15) is 6.54 Å². The highest BCUT2D eigenvalue weighted by Crippen LogP contribution is 2.30. The first-order chi connectivity index (χ1) is 11.5. The van der Waals surface area contributed by atoms with Gasteiger partial charge in [0, 0.05) is 17.5 Å². The molecule has 0 spiro atoms. The molecule has 3 amide bonds. The van der Waals surface area contributed by atoms with E-state index in [1.165, 1.54) is 5.56 Å². The minimum absolute atomic E-state index is 0.0615. The van der Waals surface area contributed by atoms with Gasteiger partial charge in [-0.25, -0.2) is 4.79 Å². The smallest absolute Gasteiger partial charge is 0.320 e. The highest BCUT2D eigenvalue weighted by Gasteiger charge is 2.39. The summed E-state index contributed by atoms with van der Waals surface area (Å²) in [6, 6.07) is 6.17. The number of rotatable bonds is 5. The number of urea groups is 1. The predicted octanol–water partition coefficient (Wildman–Crippen LogP) is 3.43. The first-order valence-corrected chi connectivity index (χ1v) is 9.56. The fourth-order valence-electron chi connectivity index (χ4n) is 2.83. The molecule has 0 radical (unpaired) electrons. The minimum atomic E-state index is -0.191. The summed E-state index contributed by atoms with van der Waals surface area (Å²) in [4.78, 5) is 27.9. The van der Waals surface area contributed by atoms with Crippen LogP contribution in [0.3, 0.4) is 0 Å². The molecular weight excluding hydrogens is 322 g/mol. The van der Waals surface area contributed by atoms with Crippen LogP contribution >= 0.6 is 11.8 Å². The van der Waals surface area contributed by atoms with Gasteiger partial charge in [0.2, 0.25) is 5.91 Å². The molecule has 5 nitrogen and oxygen atoms in total. The number of amides is 3. The van der Waals surface area contributed by atoms with Crippen molar-refractivity contribution in [1.29, 1.82) is 0 Å². The van der Waals surface area contributed by atoms with Crippen LogP contribution < -0.4 is 5.32 Å². The molecule has 1 saturated carbocycles. The monoisotopic (exact) mass is 347 g/mol. The number of hydrogen-bond donors (Lipinski definition) is 1. The van der Waals surface area contributed by atoms with E-state index in [9.17, 15) is 9.59 Å². The van der Waals surface area contributed by atoms with Crippen LogP contribution in [-0.2, 0) is 10.5 Å². The highest BCUT2D eigenvalue weighted by atomic mass is 32.2. The van der Waals surface area contributed by atoms with Crippen molar-refractivity contribution in [2.45, 2.75) is 50.7 Å². The Morgan fingerprint density at radius 1 is 1.38 bits per heavy atom. The molecule has 6 heteroatoms. The molecule has 1 N–H and O–H groups in total. The van der Waals surface area contributed by atoms with Crippen molar-refractivity contribution in [1.82, 2.24) is 9.80 Å². The zero-order valence-electron chi connectivity index (χ0n) is 14.5. The summed E-state index contributed by atoms with van der Waals surface area (Å²) in [6.07, 6.45) is 2.13. The lowest BCUT2D eigenvalue weighted by atomic mass is 10.1. The molecule has 24 heavy (non-hydrogen) atoms. The second-order valence-corrected chi connectivity index (χ2v) is 8.38. The van der Waals surface area contributed by atoms with E-state index in [0.29, 0.717) is 18.0 Å². The summed E-state index contributed by atoms with van der Waals surface area (Å²) in [6.45, 7) is 7.00. The standard InChI is InChI=1S/C18H25N3O2S/c1-12(2)24-10-14-5-4-6-16(13(14)3)19-18(23)20-9-17(22)21(11-20)15-7-8-15/h4-6,12,15H,7-11H2,1-3H3,(H,19,23). The van der Waals surface area contributed by atoms with E-state index in [1.807, 2.05) is 35.7 Å². The van der Waals surface area contributed by atoms with Crippen LogP contribution in [0.15, 0.2) is 18.2 Å². The Kier molecular flexibility index (Phi) is 5.04. The molecule has 1 heterocycles. The van der Waals surface area contributed by atoms with E-state index in [0.717, 1.165) is 29.8 Å². The molecule has 1 saturated heterocycles. The molecule has 0 bridgehead atoms. The van der Waals surface area contributed by atoms with E-state index < -0.39 is 0 Å². The largest absolute Gasteiger partial charge is 0.323 e. The van der Waals surface area contributed by atoms with Crippen LogP contribution in [-0.4, -0.2) is 46.2 Å². The molecule has 0 atom stereocenters. The van der Waals surface area contributed by atoms with Crippen molar-refractivity contribution < 1.29 is 9.59 Å². The number of benzene rings is 1. The van der Waals surface area contributed by atoms with Crippen LogP contribution in [0.1, 0.15) is 37.8 Å². The highest BCUT2D eigenvalue weighted by molar-refractivity contribution is 7.99. The quantitative estimate of drug-likeness (QED) is 0.888. The molecule has 0 aromatic heterocycles. The fourth-order valence-corrected chi connectivity index (χ4v) is 3.66. The van der Waals surface area contributed by atoms with Crippen LogP contribution in [0.2, 0.25) is 0 Å². The number of anilines is 1. The second kappa shape index (κ2) is 7.05. The molecular formula is C18H25N3O2S. The lowest BCUT2D eigenvalue weighted by molar-refractivity contribution is -0.127. The first-order valence-electron chi connectivity index (χ1n) is 8.51. The SMILES string of the molecule is Cc1c(CSC(C)C)cccc1NC(=O)N1CC(=O)N(C2CC2)C1. The van der Waals surface area contributed by atoms with Crippen molar-refractivity contribution in [3.05, 3.63) is 29.3 Å². The zero-order valence-corrected chi connectivity index (χ0v) is 15.4. The van der Waals surface area contributed by atoms with Crippen molar-refractivity contribution in [2.75, 3.05) is 18.5 Å². The molecule has 2 fully saturated rings. The van der Waals surface area contributed by atoms with Gasteiger partial charge in [0.15, 0.2) is 0 Å². The summed E-state index contributed by atoms with van der Waals surface area (Å²) in [5, 5.41) is 3.56. The number of carbonyl (C=O) groups excluding carboxylic acids is 2. The Labute approximate surface area is 147 Å². The third-order valence-corrected chi connectivity index (χ3v) is 5.65. The third kappa shape index (κ3) is 3.86. The van der Waals surface area contributed by atoms with E-state index in [4.69, 9.17) is 0 Å². The predicted molar refractivity (Wildman–Crippen MR) is 98.1 cm³/mol. The maximum atomic E-state index is 12.5. The molecule has 3 rings (SSSR count). The average molecular weight is 347 g/mol. The minimum Gasteiger partial charge on any atom is -0.320 e. The van der Waals surface area contributed by atoms with Gasteiger partial charge in [-0.15, -0.1) is 0 Å². The lowest BCUT2D eigenvalue weighted by Gasteiger charge is -2.19. The van der Waals surface area contributed by atoms with Gasteiger partial charge in [-0.1, -0.05) is 26.0 Å². The topological polar surface area (TPSA) is 52.7 Å². The van der Waals surface area contributed by atoms with Gasteiger partial charge in [-0.05, 0) is 42.2 Å². The lowest BCUT2D eigenvalue weighted by Crippen LogP contribution is -2.35. The Balaban J connectivity index is 1.64. The molecule has 2 aliphatic rings. The Morgan fingerprint density at radius 3 is 2.79 bits per heavy atom. The summed E-state index contributed by atoms with van der Waals surface area (Å²) >= 11 is 1.89. The van der Waals surface area contributed by atoms with Crippen molar-refractivity contribution in [3.8, 4) is 0 Å². The van der Waals surface area contributed by atoms with E-state index in [-0.39, 0.29) is 18.5 Å². The van der Waals surface area contributed by atoms with E-state index in [1.54, 1.807) is 4.90 Å². The van der Waals surface area contributed by atoms with Crippen LogP contribution in [0.25, 0.3) is 0 Å². The maximum Gasteiger partial charge on any atom is 0.323 e. The molecule has 1 aliphatic heterocycles. The summed E-state index contributed by atoms with van der Waals surface area (Å²) in [5.41, 5.74) is 3.17. The molecule has 130 valence electrons. The number of thioether (sulfide) groups is 1. The normalized spacial score (nSPS) is 17.8. The number of nitrogens with one attached hydrogen (secondary N) is 1. The second-order valence-electron chi connectivity index (χ2n) is 6.81. The van der Waals surface area contributed by atoms with Crippen LogP contribution in [0, 0.1) is 6.92 Å². The van der Waals surface area contributed by atoms with Crippen molar-refractivity contribution in [2.24, 2.45) is 0 Å².